The lowest BCUT2D eigenvalue weighted by Crippen LogP contribution is -2.14. The molecule has 0 aliphatic carbocycles. The monoisotopic (exact) mass is 285 g/mol. The van der Waals surface area contributed by atoms with Crippen LogP contribution in [0.4, 0.5) is 17.1 Å². The number of carbonyl (C=O) groups excluding carboxylic acids is 1. The molecule has 0 fully saturated rings. The number of nitro groups is 1. The van der Waals surface area contributed by atoms with Crippen molar-refractivity contribution in [3.05, 3.63) is 64.2 Å². The maximum atomic E-state index is 12.3. The van der Waals surface area contributed by atoms with E-state index >= 15 is 0 Å². The van der Waals surface area contributed by atoms with E-state index in [1.165, 1.54) is 12.1 Å². The van der Waals surface area contributed by atoms with Crippen LogP contribution < -0.4 is 10.6 Å². The smallest absolute Gasteiger partial charge is 0.282 e. The van der Waals surface area contributed by atoms with Gasteiger partial charge in [-0.2, -0.15) is 0 Å². The number of rotatable bonds is 5. The van der Waals surface area contributed by atoms with Gasteiger partial charge in [-0.25, -0.2) is 0 Å². The Morgan fingerprint density at radius 1 is 1.14 bits per heavy atom. The van der Waals surface area contributed by atoms with E-state index in [2.05, 4.69) is 10.6 Å². The summed E-state index contributed by atoms with van der Waals surface area (Å²) in [5.74, 6) is -0.507. The highest BCUT2D eigenvalue weighted by Crippen LogP contribution is 2.23. The van der Waals surface area contributed by atoms with Crippen molar-refractivity contribution in [1.82, 2.24) is 0 Å². The number of nitrogens with one attached hydrogen (secondary N) is 2. The number of nitro benzene ring substituents is 1. The number of nitrogens with zero attached hydrogens (tertiary/aromatic N) is 1. The standard InChI is InChI=1S/C15H15N3O3/c1-2-16-12-8-9-14(18(20)21)13(10-12)15(19)17-11-6-4-3-5-7-11/h3-10,16H,2H2,1H3,(H,17,19). The molecule has 0 aliphatic heterocycles. The molecule has 0 radical (unpaired) electrons. The van der Waals surface area contributed by atoms with Crippen LogP contribution in [0.25, 0.3) is 0 Å². The van der Waals surface area contributed by atoms with Gasteiger partial charge in [0, 0.05) is 24.0 Å². The van der Waals surface area contributed by atoms with Gasteiger partial charge in [-0.1, -0.05) is 18.2 Å². The molecule has 0 aromatic heterocycles. The van der Waals surface area contributed by atoms with Crippen LogP contribution in [0.1, 0.15) is 17.3 Å². The fourth-order valence-electron chi connectivity index (χ4n) is 1.91. The molecular formula is C15H15N3O3. The Kier molecular flexibility index (Phi) is 4.50. The van der Waals surface area contributed by atoms with Crippen molar-refractivity contribution in [2.24, 2.45) is 0 Å². The molecule has 2 aromatic rings. The third kappa shape index (κ3) is 3.56. The van der Waals surface area contributed by atoms with Gasteiger partial charge in [0.05, 0.1) is 4.92 Å². The molecule has 21 heavy (non-hydrogen) atoms. The van der Waals surface area contributed by atoms with Crippen LogP contribution in [0, 0.1) is 10.1 Å². The lowest BCUT2D eigenvalue weighted by atomic mass is 10.1. The summed E-state index contributed by atoms with van der Waals surface area (Å²) in [5.41, 5.74) is 1.07. The molecule has 6 heteroatoms. The number of amides is 1. The van der Waals surface area contributed by atoms with Crippen LogP contribution in [0.5, 0.6) is 0 Å². The lowest BCUT2D eigenvalue weighted by Gasteiger charge is -2.08. The van der Waals surface area contributed by atoms with Gasteiger partial charge in [0.25, 0.3) is 11.6 Å². The summed E-state index contributed by atoms with van der Waals surface area (Å²) in [7, 11) is 0. The Balaban J connectivity index is 2.33. The van der Waals surface area contributed by atoms with E-state index in [0.717, 1.165) is 0 Å². The second-order valence-electron chi connectivity index (χ2n) is 4.34. The first-order chi connectivity index (χ1) is 10.1. The molecule has 2 rings (SSSR count). The minimum absolute atomic E-state index is 0.0299. The molecule has 108 valence electrons. The molecule has 2 N–H and O–H groups in total. The van der Waals surface area contributed by atoms with Gasteiger partial charge in [-0.15, -0.1) is 0 Å². The molecule has 2 aromatic carbocycles. The van der Waals surface area contributed by atoms with Crippen molar-refractivity contribution < 1.29 is 9.72 Å². The van der Waals surface area contributed by atoms with Crippen LogP contribution in [-0.2, 0) is 0 Å². The van der Waals surface area contributed by atoms with Crippen LogP contribution >= 0.6 is 0 Å². The molecule has 6 nitrogen and oxygen atoms in total. The number of carbonyl (C=O) groups is 1. The van der Waals surface area contributed by atoms with Crippen molar-refractivity contribution in [3.8, 4) is 0 Å². The average molecular weight is 285 g/mol. The molecule has 0 spiro atoms. The largest absolute Gasteiger partial charge is 0.385 e. The maximum absolute atomic E-state index is 12.3. The zero-order valence-corrected chi connectivity index (χ0v) is 11.5. The average Bonchev–Trinajstić information content (AvgIpc) is 2.48. The highest BCUT2D eigenvalue weighted by atomic mass is 16.6. The van der Waals surface area contributed by atoms with Crippen LogP contribution in [0.15, 0.2) is 48.5 Å². The van der Waals surface area contributed by atoms with Gasteiger partial charge in [-0.3, -0.25) is 14.9 Å². The van der Waals surface area contributed by atoms with Gasteiger partial charge in [-0.05, 0) is 31.2 Å². The summed E-state index contributed by atoms with van der Waals surface area (Å²) < 4.78 is 0. The van der Waals surface area contributed by atoms with E-state index in [-0.39, 0.29) is 11.3 Å². The number of para-hydroxylation sites is 1. The van der Waals surface area contributed by atoms with Crippen molar-refractivity contribution in [2.75, 3.05) is 17.2 Å². The lowest BCUT2D eigenvalue weighted by molar-refractivity contribution is -0.385. The van der Waals surface area contributed by atoms with E-state index < -0.39 is 10.8 Å². The predicted octanol–water partition coefficient (Wildman–Crippen LogP) is 3.28. The highest BCUT2D eigenvalue weighted by molar-refractivity contribution is 6.07. The Hall–Kier alpha value is -2.89. The van der Waals surface area contributed by atoms with Gasteiger partial charge >= 0.3 is 0 Å². The first-order valence-corrected chi connectivity index (χ1v) is 6.50. The first kappa shape index (κ1) is 14.5. The molecule has 1 amide bonds. The Morgan fingerprint density at radius 3 is 2.48 bits per heavy atom. The van der Waals surface area contributed by atoms with Crippen LogP contribution in [0.2, 0.25) is 0 Å². The quantitative estimate of drug-likeness (QED) is 0.652. The predicted molar refractivity (Wildman–Crippen MR) is 81.7 cm³/mol. The minimum atomic E-state index is -0.560. The Labute approximate surface area is 121 Å². The normalized spacial score (nSPS) is 9.95. The topological polar surface area (TPSA) is 84.3 Å². The molecular weight excluding hydrogens is 270 g/mol. The second kappa shape index (κ2) is 6.51. The van der Waals surface area contributed by atoms with Gasteiger partial charge in [0.1, 0.15) is 5.56 Å². The van der Waals surface area contributed by atoms with E-state index in [1.807, 2.05) is 13.0 Å². The van der Waals surface area contributed by atoms with Gasteiger partial charge in [0.15, 0.2) is 0 Å². The zero-order valence-electron chi connectivity index (χ0n) is 11.5. The van der Waals surface area contributed by atoms with Crippen molar-refractivity contribution in [2.45, 2.75) is 6.92 Å². The van der Waals surface area contributed by atoms with E-state index in [1.54, 1.807) is 30.3 Å². The zero-order chi connectivity index (χ0) is 15.2. The molecule has 0 saturated carbocycles. The summed E-state index contributed by atoms with van der Waals surface area (Å²) in [6.45, 7) is 2.57. The Morgan fingerprint density at radius 2 is 1.86 bits per heavy atom. The van der Waals surface area contributed by atoms with Crippen molar-refractivity contribution in [1.29, 1.82) is 0 Å². The second-order valence-corrected chi connectivity index (χ2v) is 4.34. The van der Waals surface area contributed by atoms with E-state index in [9.17, 15) is 14.9 Å². The summed E-state index contributed by atoms with van der Waals surface area (Å²) >= 11 is 0. The molecule has 0 saturated heterocycles. The van der Waals surface area contributed by atoms with Gasteiger partial charge in [0.2, 0.25) is 0 Å². The molecule has 0 bridgehead atoms. The summed E-state index contributed by atoms with van der Waals surface area (Å²) in [5, 5.41) is 16.7. The van der Waals surface area contributed by atoms with Crippen LogP contribution in [0.3, 0.4) is 0 Å². The number of anilines is 2. The third-order valence-electron chi connectivity index (χ3n) is 2.85. The number of benzene rings is 2. The summed E-state index contributed by atoms with van der Waals surface area (Å²) in [4.78, 5) is 22.7. The highest BCUT2D eigenvalue weighted by Gasteiger charge is 2.20. The fraction of sp³-hybridized carbons (Fsp3) is 0.133. The van der Waals surface area contributed by atoms with Crippen LogP contribution in [-0.4, -0.2) is 17.4 Å². The number of hydrogen-bond acceptors (Lipinski definition) is 4. The van der Waals surface area contributed by atoms with E-state index in [4.69, 9.17) is 0 Å². The Bertz CT molecular complexity index is 656. The van der Waals surface area contributed by atoms with E-state index in [0.29, 0.717) is 17.9 Å². The minimum Gasteiger partial charge on any atom is -0.385 e. The molecule has 0 unspecified atom stereocenters. The van der Waals surface area contributed by atoms with Crippen molar-refractivity contribution >= 4 is 23.0 Å². The molecule has 0 heterocycles. The maximum Gasteiger partial charge on any atom is 0.282 e. The molecule has 0 aliphatic rings. The van der Waals surface area contributed by atoms with Crippen molar-refractivity contribution in [3.63, 3.8) is 0 Å². The third-order valence-corrected chi connectivity index (χ3v) is 2.85. The fourth-order valence-corrected chi connectivity index (χ4v) is 1.91. The SMILES string of the molecule is CCNc1ccc([N+](=O)[O-])c(C(=O)Nc2ccccc2)c1. The first-order valence-electron chi connectivity index (χ1n) is 6.50. The summed E-state index contributed by atoms with van der Waals surface area (Å²) in [6, 6.07) is 13.2. The summed E-state index contributed by atoms with van der Waals surface area (Å²) in [6.07, 6.45) is 0. The van der Waals surface area contributed by atoms with Gasteiger partial charge < -0.3 is 10.6 Å². The molecule has 0 atom stereocenters. The number of hydrogen-bond donors (Lipinski definition) is 2.